The van der Waals surface area contributed by atoms with Gasteiger partial charge in [0.25, 0.3) is 5.91 Å². The fraction of sp³-hybridized carbons (Fsp3) is 0.568. The number of nitrogens with zero attached hydrogens (tertiary/aromatic N) is 2. The number of methoxy groups -OCH3 is 1. The molecule has 2 aliphatic heterocycles. The molecule has 9 nitrogen and oxygen atoms in total. The molecule has 3 aliphatic carbocycles. The van der Waals surface area contributed by atoms with Gasteiger partial charge in [-0.25, -0.2) is 13.4 Å². The summed E-state index contributed by atoms with van der Waals surface area (Å²) in [7, 11) is -1.79. The zero-order chi connectivity index (χ0) is 33.6. The summed E-state index contributed by atoms with van der Waals surface area (Å²) in [5.41, 5.74) is 4.87. The largest absolute Gasteiger partial charge is 0.490 e. The lowest BCUT2D eigenvalue weighted by Crippen LogP contribution is -2.49. The van der Waals surface area contributed by atoms with Crippen LogP contribution >= 0.6 is 0 Å². The molecule has 258 valence electrons. The van der Waals surface area contributed by atoms with Crippen LogP contribution in [-0.2, 0) is 26.5 Å². The number of carbonyl (C=O) groups is 2. The summed E-state index contributed by atoms with van der Waals surface area (Å²) < 4.78 is 47.0. The van der Waals surface area contributed by atoms with Crippen molar-refractivity contribution in [3.8, 4) is 5.75 Å². The van der Waals surface area contributed by atoms with Crippen LogP contribution in [0.2, 0.25) is 0 Å². The van der Waals surface area contributed by atoms with Gasteiger partial charge in [-0.05, 0) is 92.5 Å². The number of urea groups is 1. The number of carbonyl (C=O) groups excluding carboxylic acids is 2. The standard InChI is InChI=1S/C37H47FN4O5S/c1-23-9-13-29-25(16-23)7-5-15-37(29)21-42-19-27-10-12-28(27)33(46-3)8-4-6-24(2)20-48(45,41-36(44)39-31-18-30(31)38)40-35(43)26-11-14-34(47-22-37)32(42)17-26/h4,8-9,11,13-14,16-17,24,27-28,30-31,33H,5-7,10,12,15,18-22H2,1-3H3,(H2,39,40,41,43,44,45)/b8-4+/t24-,27-,28+,30+,31-,33-,37-,48?/m0/s1. The van der Waals surface area contributed by atoms with E-state index in [1.807, 2.05) is 19.1 Å². The number of aryl methyl sites for hydroxylation is 2. The number of hydrogen-bond acceptors (Lipinski definition) is 6. The minimum atomic E-state index is -3.55. The zero-order valence-electron chi connectivity index (χ0n) is 28.1. The normalized spacial score (nSPS) is 35.1. The number of halogens is 1. The van der Waals surface area contributed by atoms with E-state index in [9.17, 15) is 18.2 Å². The smallest absolute Gasteiger partial charge is 0.327 e. The fourth-order valence-electron chi connectivity index (χ4n) is 8.18. The first-order chi connectivity index (χ1) is 23.0. The molecule has 2 heterocycles. The molecular formula is C37H47FN4O5S. The Bertz CT molecular complexity index is 1740. The molecule has 7 rings (SSSR count). The second-order valence-corrected chi connectivity index (χ2v) is 16.8. The van der Waals surface area contributed by atoms with Gasteiger partial charge >= 0.3 is 6.03 Å². The number of amides is 3. The van der Waals surface area contributed by atoms with E-state index in [1.54, 1.807) is 13.2 Å². The number of anilines is 1. The first-order valence-electron chi connectivity index (χ1n) is 17.4. The number of allylic oxidation sites excluding steroid dienone is 1. The van der Waals surface area contributed by atoms with Crippen LogP contribution in [0.15, 0.2) is 52.9 Å². The van der Waals surface area contributed by atoms with Crippen LogP contribution in [0.1, 0.15) is 72.5 Å². The molecule has 0 aromatic heterocycles. The quantitative estimate of drug-likeness (QED) is 0.384. The van der Waals surface area contributed by atoms with Gasteiger partial charge in [-0.3, -0.25) is 9.52 Å². The summed E-state index contributed by atoms with van der Waals surface area (Å²) in [5, 5.41) is 2.50. The first-order valence-corrected chi connectivity index (χ1v) is 19.1. The van der Waals surface area contributed by atoms with Gasteiger partial charge < -0.3 is 19.7 Å². The highest BCUT2D eigenvalue weighted by Gasteiger charge is 2.44. The van der Waals surface area contributed by atoms with Gasteiger partial charge in [-0.15, -0.1) is 4.36 Å². The van der Waals surface area contributed by atoms with Gasteiger partial charge in [0.05, 0.1) is 30.2 Å². The van der Waals surface area contributed by atoms with Crippen molar-refractivity contribution in [2.45, 2.75) is 82.5 Å². The molecule has 1 spiro atoms. The van der Waals surface area contributed by atoms with E-state index in [-0.39, 0.29) is 35.2 Å². The maximum absolute atomic E-state index is 14.2. The van der Waals surface area contributed by atoms with Gasteiger partial charge in [0, 0.05) is 37.6 Å². The van der Waals surface area contributed by atoms with Crippen LogP contribution in [0.25, 0.3) is 0 Å². The van der Waals surface area contributed by atoms with E-state index in [4.69, 9.17) is 9.47 Å². The van der Waals surface area contributed by atoms with E-state index in [0.29, 0.717) is 30.6 Å². The molecule has 0 radical (unpaired) electrons. The van der Waals surface area contributed by atoms with Crippen LogP contribution in [-0.4, -0.2) is 67.0 Å². The summed E-state index contributed by atoms with van der Waals surface area (Å²) in [6.07, 6.45) is 9.07. The Kier molecular flexibility index (Phi) is 9.04. The molecule has 11 heteroatoms. The lowest BCUT2D eigenvalue weighted by molar-refractivity contribution is 0.0131. The fourth-order valence-corrected chi connectivity index (χ4v) is 10.0. The minimum Gasteiger partial charge on any atom is -0.490 e. The highest BCUT2D eigenvalue weighted by Crippen LogP contribution is 2.47. The SMILES string of the molecule is CO[C@H]1/C=C/C[C@H](C)CS(=O)(NC(=O)N[C@H]2C[C@H]2F)=NC(=O)c2ccc3c(c2)N(C[C@@H]2CC[C@H]21)C[C@@]1(CCCc2cc(C)ccc21)CO3. The van der Waals surface area contributed by atoms with E-state index >= 15 is 0 Å². The summed E-state index contributed by atoms with van der Waals surface area (Å²) >= 11 is 0. The number of nitrogens with one attached hydrogen (secondary N) is 2. The molecule has 8 atom stereocenters. The third kappa shape index (κ3) is 6.72. The van der Waals surface area contributed by atoms with Crippen LogP contribution in [0.3, 0.4) is 0 Å². The van der Waals surface area contributed by atoms with Crippen LogP contribution in [0, 0.1) is 24.7 Å². The Morgan fingerprint density at radius 1 is 1.21 bits per heavy atom. The topological polar surface area (TPSA) is 109 Å². The molecular weight excluding hydrogens is 631 g/mol. The Balaban J connectivity index is 1.28. The van der Waals surface area contributed by atoms with Crippen molar-refractivity contribution in [1.82, 2.24) is 10.0 Å². The van der Waals surface area contributed by atoms with E-state index < -0.39 is 34.1 Å². The highest BCUT2D eigenvalue weighted by molar-refractivity contribution is 7.92. The Morgan fingerprint density at radius 2 is 2.04 bits per heavy atom. The van der Waals surface area contributed by atoms with Crippen molar-refractivity contribution < 1.29 is 27.7 Å². The number of rotatable bonds is 3. The van der Waals surface area contributed by atoms with Gasteiger partial charge in [0.1, 0.15) is 21.8 Å². The average Bonchev–Trinajstić information content (AvgIpc) is 3.75. The van der Waals surface area contributed by atoms with Crippen LogP contribution in [0.4, 0.5) is 14.9 Å². The molecule has 2 aromatic rings. The molecule has 48 heavy (non-hydrogen) atoms. The third-order valence-corrected chi connectivity index (χ3v) is 13.0. The van der Waals surface area contributed by atoms with E-state index in [0.717, 1.165) is 50.9 Å². The zero-order valence-corrected chi connectivity index (χ0v) is 28.9. The van der Waals surface area contributed by atoms with Gasteiger partial charge in [-0.1, -0.05) is 42.8 Å². The number of fused-ring (bicyclic) bond motifs is 4. The van der Waals surface area contributed by atoms with Crippen molar-refractivity contribution >= 4 is 27.5 Å². The second-order valence-electron chi connectivity index (χ2n) is 14.8. The van der Waals surface area contributed by atoms with Crippen molar-refractivity contribution in [3.63, 3.8) is 0 Å². The highest BCUT2D eigenvalue weighted by atomic mass is 32.2. The molecule has 1 unspecified atom stereocenters. The molecule has 2 aromatic carbocycles. The molecule has 2 bridgehead atoms. The van der Waals surface area contributed by atoms with Gasteiger partial charge in [0.15, 0.2) is 0 Å². The summed E-state index contributed by atoms with van der Waals surface area (Å²) in [6, 6.07) is 10.7. The Hall–Kier alpha value is -3.44. The maximum Gasteiger partial charge on any atom is 0.327 e. The molecule has 2 saturated carbocycles. The lowest BCUT2D eigenvalue weighted by Gasteiger charge is -2.46. The molecule has 2 N–H and O–H groups in total. The average molecular weight is 679 g/mol. The number of ether oxygens (including phenoxy) is 2. The Morgan fingerprint density at radius 3 is 2.79 bits per heavy atom. The molecule has 5 aliphatic rings. The van der Waals surface area contributed by atoms with Crippen molar-refractivity contribution in [3.05, 3.63) is 70.8 Å². The van der Waals surface area contributed by atoms with E-state index in [2.05, 4.69) is 56.6 Å². The summed E-state index contributed by atoms with van der Waals surface area (Å²) in [5.74, 6) is 0.569. The second kappa shape index (κ2) is 13.1. The van der Waals surface area contributed by atoms with Crippen molar-refractivity contribution in [2.75, 3.05) is 37.5 Å². The van der Waals surface area contributed by atoms with E-state index in [1.165, 1.54) is 16.7 Å². The first kappa shape index (κ1) is 33.1. The molecule has 2 fully saturated rings. The molecule has 0 saturated heterocycles. The monoisotopic (exact) mass is 678 g/mol. The van der Waals surface area contributed by atoms with Crippen LogP contribution in [0.5, 0.6) is 5.75 Å². The predicted molar refractivity (Wildman–Crippen MR) is 185 cm³/mol. The number of alkyl halides is 1. The lowest BCUT2D eigenvalue weighted by atomic mass is 9.68. The number of hydrogen-bond donors (Lipinski definition) is 2. The third-order valence-electron chi connectivity index (χ3n) is 11.0. The summed E-state index contributed by atoms with van der Waals surface area (Å²) in [6.45, 7) is 6.12. The predicted octanol–water partition coefficient (Wildman–Crippen LogP) is 6.04. The Labute approximate surface area is 283 Å². The van der Waals surface area contributed by atoms with Crippen LogP contribution < -0.4 is 19.7 Å². The molecule has 3 amide bonds. The summed E-state index contributed by atoms with van der Waals surface area (Å²) in [4.78, 5) is 29.0. The van der Waals surface area contributed by atoms with Crippen molar-refractivity contribution in [1.29, 1.82) is 0 Å². The maximum atomic E-state index is 14.2. The van der Waals surface area contributed by atoms with Gasteiger partial charge in [-0.2, -0.15) is 0 Å². The number of benzene rings is 2. The van der Waals surface area contributed by atoms with Gasteiger partial charge in [0.2, 0.25) is 0 Å². The minimum absolute atomic E-state index is 0.0362. The van der Waals surface area contributed by atoms with Crippen molar-refractivity contribution in [2.24, 2.45) is 22.1 Å².